The van der Waals surface area contributed by atoms with Gasteiger partial charge in [-0.25, -0.2) is 0 Å². The van der Waals surface area contributed by atoms with E-state index in [1.807, 2.05) is 24.3 Å². The molecule has 6 heteroatoms. The largest absolute Gasteiger partial charge is 0.350 e. The molecule has 21 heavy (non-hydrogen) atoms. The molecule has 1 fully saturated rings. The number of rotatable bonds is 3. The number of benzene rings is 1. The number of amides is 1. The third-order valence-electron chi connectivity index (χ3n) is 3.67. The molecule has 0 bridgehead atoms. The minimum atomic E-state index is -0.347. The first-order valence-electron chi connectivity index (χ1n) is 6.88. The Labute approximate surface area is 128 Å². The summed E-state index contributed by atoms with van der Waals surface area (Å²) in [5.41, 5.74) is 0.564. The average molecular weight is 308 g/mol. The highest BCUT2D eigenvalue weighted by Crippen LogP contribution is 2.10. The lowest BCUT2D eigenvalue weighted by Gasteiger charge is -2.11. The SMILES string of the molecule is Cl.O=C(NCC1CCCN1)c1cc2ccccc2[nH]c1=O. The van der Waals surface area contributed by atoms with Crippen LogP contribution in [0.5, 0.6) is 0 Å². The maximum absolute atomic E-state index is 12.1. The number of hydrogen-bond acceptors (Lipinski definition) is 3. The molecule has 1 amide bonds. The van der Waals surface area contributed by atoms with Crippen LogP contribution in [-0.4, -0.2) is 30.0 Å². The van der Waals surface area contributed by atoms with Crippen LogP contribution in [0.3, 0.4) is 0 Å². The Morgan fingerprint density at radius 1 is 1.33 bits per heavy atom. The normalized spacial score (nSPS) is 17.4. The lowest BCUT2D eigenvalue weighted by Crippen LogP contribution is -2.38. The Morgan fingerprint density at radius 2 is 2.14 bits per heavy atom. The van der Waals surface area contributed by atoms with Gasteiger partial charge in [0, 0.05) is 18.1 Å². The highest BCUT2D eigenvalue weighted by Gasteiger charge is 2.17. The summed E-state index contributed by atoms with van der Waals surface area (Å²) in [6.07, 6.45) is 2.20. The topological polar surface area (TPSA) is 74.0 Å². The van der Waals surface area contributed by atoms with E-state index in [0.29, 0.717) is 12.6 Å². The molecule has 0 spiro atoms. The van der Waals surface area contributed by atoms with Gasteiger partial charge in [0.05, 0.1) is 0 Å². The standard InChI is InChI=1S/C15H17N3O2.ClH/c19-14(17-9-11-5-3-7-16-11)12-8-10-4-1-2-6-13(10)18-15(12)20;/h1-2,4,6,8,11,16H,3,5,7,9H2,(H,17,19)(H,18,20);1H. The monoisotopic (exact) mass is 307 g/mol. The summed E-state index contributed by atoms with van der Waals surface area (Å²) in [5, 5.41) is 6.99. The van der Waals surface area contributed by atoms with Crippen molar-refractivity contribution in [3.63, 3.8) is 0 Å². The third-order valence-corrected chi connectivity index (χ3v) is 3.67. The number of para-hydroxylation sites is 1. The van der Waals surface area contributed by atoms with Crippen molar-refractivity contribution < 1.29 is 4.79 Å². The molecule has 2 heterocycles. The third kappa shape index (κ3) is 3.43. The van der Waals surface area contributed by atoms with Crippen LogP contribution >= 0.6 is 12.4 Å². The Hall–Kier alpha value is -1.85. The minimum Gasteiger partial charge on any atom is -0.350 e. The summed E-state index contributed by atoms with van der Waals surface area (Å²) in [7, 11) is 0. The molecule has 112 valence electrons. The van der Waals surface area contributed by atoms with Crippen LogP contribution in [0.1, 0.15) is 23.2 Å². The molecule has 5 nitrogen and oxygen atoms in total. The van der Waals surface area contributed by atoms with Crippen LogP contribution in [0.4, 0.5) is 0 Å². The zero-order valence-electron chi connectivity index (χ0n) is 11.5. The summed E-state index contributed by atoms with van der Waals surface area (Å²) in [5.74, 6) is -0.314. The van der Waals surface area contributed by atoms with E-state index in [0.717, 1.165) is 30.3 Å². The second-order valence-electron chi connectivity index (χ2n) is 5.10. The quantitative estimate of drug-likeness (QED) is 0.803. The van der Waals surface area contributed by atoms with Crippen LogP contribution < -0.4 is 16.2 Å². The van der Waals surface area contributed by atoms with E-state index in [4.69, 9.17) is 0 Å². The van der Waals surface area contributed by atoms with E-state index in [2.05, 4.69) is 15.6 Å². The van der Waals surface area contributed by atoms with Gasteiger partial charge in [-0.2, -0.15) is 0 Å². The summed E-state index contributed by atoms with van der Waals surface area (Å²) in [6, 6.07) is 9.39. The molecule has 1 atom stereocenters. The van der Waals surface area contributed by atoms with E-state index >= 15 is 0 Å². The summed E-state index contributed by atoms with van der Waals surface area (Å²) >= 11 is 0. The molecule has 1 unspecified atom stereocenters. The fourth-order valence-electron chi connectivity index (χ4n) is 2.56. The Kier molecular flexibility index (Phi) is 4.98. The Bertz CT molecular complexity index is 693. The van der Waals surface area contributed by atoms with Crippen LogP contribution in [0.15, 0.2) is 35.1 Å². The van der Waals surface area contributed by atoms with E-state index in [-0.39, 0.29) is 29.4 Å². The van der Waals surface area contributed by atoms with E-state index < -0.39 is 0 Å². The van der Waals surface area contributed by atoms with Gasteiger partial charge < -0.3 is 15.6 Å². The van der Waals surface area contributed by atoms with Gasteiger partial charge in [-0.1, -0.05) is 18.2 Å². The van der Waals surface area contributed by atoms with Crippen molar-refractivity contribution >= 4 is 29.2 Å². The van der Waals surface area contributed by atoms with Gasteiger partial charge in [0.15, 0.2) is 0 Å². The van der Waals surface area contributed by atoms with Gasteiger partial charge in [-0.3, -0.25) is 9.59 Å². The number of halogens is 1. The number of nitrogens with one attached hydrogen (secondary N) is 3. The maximum atomic E-state index is 12.1. The number of carbonyl (C=O) groups is 1. The van der Waals surface area contributed by atoms with Crippen molar-refractivity contribution in [2.24, 2.45) is 0 Å². The lowest BCUT2D eigenvalue weighted by atomic mass is 10.1. The Morgan fingerprint density at radius 3 is 2.90 bits per heavy atom. The van der Waals surface area contributed by atoms with Crippen molar-refractivity contribution in [2.45, 2.75) is 18.9 Å². The van der Waals surface area contributed by atoms with Crippen LogP contribution in [0.25, 0.3) is 10.9 Å². The molecular formula is C15H18ClN3O2. The molecule has 0 saturated carbocycles. The summed E-state index contributed by atoms with van der Waals surface area (Å²) < 4.78 is 0. The molecule has 0 aliphatic carbocycles. The number of pyridine rings is 1. The van der Waals surface area contributed by atoms with Crippen molar-refractivity contribution in [1.82, 2.24) is 15.6 Å². The molecule has 3 N–H and O–H groups in total. The predicted octanol–water partition coefficient (Wildman–Crippen LogP) is 1.43. The lowest BCUT2D eigenvalue weighted by molar-refractivity contribution is 0.0949. The number of hydrogen-bond donors (Lipinski definition) is 3. The number of aromatic nitrogens is 1. The molecule has 2 aromatic rings. The van der Waals surface area contributed by atoms with Gasteiger partial charge >= 0.3 is 0 Å². The number of fused-ring (bicyclic) bond motifs is 1. The second kappa shape index (κ2) is 6.74. The van der Waals surface area contributed by atoms with Gasteiger partial charge in [0.1, 0.15) is 5.56 Å². The van der Waals surface area contributed by atoms with Crippen molar-refractivity contribution in [3.8, 4) is 0 Å². The highest BCUT2D eigenvalue weighted by molar-refractivity contribution is 5.97. The van der Waals surface area contributed by atoms with E-state index in [1.165, 1.54) is 0 Å². The Balaban J connectivity index is 0.00000161. The van der Waals surface area contributed by atoms with Gasteiger partial charge in [0.25, 0.3) is 11.5 Å². The first-order valence-corrected chi connectivity index (χ1v) is 6.88. The van der Waals surface area contributed by atoms with Crippen molar-refractivity contribution in [3.05, 3.63) is 46.2 Å². The van der Waals surface area contributed by atoms with E-state index in [1.54, 1.807) is 6.07 Å². The van der Waals surface area contributed by atoms with Gasteiger partial charge in [-0.15, -0.1) is 12.4 Å². The fourth-order valence-corrected chi connectivity index (χ4v) is 2.56. The molecular weight excluding hydrogens is 290 g/mol. The van der Waals surface area contributed by atoms with Gasteiger partial charge in [-0.05, 0) is 36.9 Å². The van der Waals surface area contributed by atoms with Crippen LogP contribution in [-0.2, 0) is 0 Å². The molecule has 3 rings (SSSR count). The summed E-state index contributed by atoms with van der Waals surface area (Å²) in [4.78, 5) is 26.8. The second-order valence-corrected chi connectivity index (χ2v) is 5.10. The fraction of sp³-hybridized carbons (Fsp3) is 0.333. The highest BCUT2D eigenvalue weighted by atomic mass is 35.5. The zero-order valence-corrected chi connectivity index (χ0v) is 12.3. The number of aromatic amines is 1. The van der Waals surface area contributed by atoms with Crippen molar-refractivity contribution in [2.75, 3.05) is 13.1 Å². The van der Waals surface area contributed by atoms with Crippen LogP contribution in [0.2, 0.25) is 0 Å². The molecule has 1 aromatic heterocycles. The van der Waals surface area contributed by atoms with E-state index in [9.17, 15) is 9.59 Å². The predicted molar refractivity (Wildman–Crippen MR) is 85.2 cm³/mol. The first kappa shape index (κ1) is 15.5. The first-order chi connectivity index (χ1) is 9.74. The maximum Gasteiger partial charge on any atom is 0.261 e. The summed E-state index contributed by atoms with van der Waals surface area (Å²) in [6.45, 7) is 1.56. The molecule has 0 radical (unpaired) electrons. The minimum absolute atomic E-state index is 0. The zero-order chi connectivity index (χ0) is 13.9. The smallest absolute Gasteiger partial charge is 0.261 e. The average Bonchev–Trinajstić information content (AvgIpc) is 2.97. The van der Waals surface area contributed by atoms with Crippen molar-refractivity contribution in [1.29, 1.82) is 0 Å². The molecule has 1 aromatic carbocycles. The number of carbonyl (C=O) groups excluding carboxylic acids is 1. The van der Waals surface area contributed by atoms with Crippen LogP contribution in [0, 0.1) is 0 Å². The molecule has 1 saturated heterocycles. The number of H-pyrrole nitrogens is 1. The molecule has 1 aliphatic heterocycles. The van der Waals surface area contributed by atoms with Gasteiger partial charge in [0.2, 0.25) is 0 Å². The molecule has 1 aliphatic rings.